The number of ether oxygens (including phenoxy) is 5. The number of amides is 1. The van der Waals surface area contributed by atoms with E-state index in [1.165, 1.54) is 46.6 Å². The molecule has 1 amide bonds. The summed E-state index contributed by atoms with van der Waals surface area (Å²) in [7, 11) is 5.36. The van der Waals surface area contributed by atoms with Crippen molar-refractivity contribution < 1.29 is 59.6 Å². The largest absolute Gasteiger partial charge is 0.493 e. The number of methoxy groups -OCH3 is 4. The number of rotatable bonds is 10. The Kier molecular flexibility index (Phi) is 11.1. The highest BCUT2D eigenvalue weighted by molar-refractivity contribution is 8.01. The van der Waals surface area contributed by atoms with Crippen LogP contribution in [0.25, 0.3) is 0 Å². The second-order valence-corrected chi connectivity index (χ2v) is 12.7. The van der Waals surface area contributed by atoms with Crippen LogP contribution in [0.1, 0.15) is 51.2 Å². The van der Waals surface area contributed by atoms with Crippen molar-refractivity contribution in [1.29, 1.82) is 0 Å². The molecule has 0 fully saturated rings. The van der Waals surface area contributed by atoms with Gasteiger partial charge in [-0.05, 0) is 54.1 Å². The summed E-state index contributed by atoms with van der Waals surface area (Å²) in [5.74, 6) is -1.10. The van der Waals surface area contributed by atoms with Crippen LogP contribution >= 0.6 is 11.8 Å². The van der Waals surface area contributed by atoms with Gasteiger partial charge in [-0.3, -0.25) is 9.59 Å². The van der Waals surface area contributed by atoms with Crippen molar-refractivity contribution in [1.82, 2.24) is 0 Å². The van der Waals surface area contributed by atoms with Gasteiger partial charge < -0.3 is 34.7 Å². The highest BCUT2D eigenvalue weighted by Crippen LogP contribution is 2.51. The van der Waals surface area contributed by atoms with Crippen LogP contribution in [0.3, 0.4) is 0 Å². The molecule has 3 atom stereocenters. The minimum absolute atomic E-state index is 0.0438. The average molecular weight is 751 g/mol. The monoisotopic (exact) mass is 750 g/mol. The third-order valence-corrected chi connectivity index (χ3v) is 9.73. The van der Waals surface area contributed by atoms with E-state index in [2.05, 4.69) is 5.32 Å². The number of carbonyl (C=O) groups is 2. The number of nitrogens with one attached hydrogen (secondary N) is 1. The Labute approximate surface area is 298 Å². The molecule has 52 heavy (non-hydrogen) atoms. The molecule has 0 bridgehead atoms. The lowest BCUT2D eigenvalue weighted by Gasteiger charge is -2.25. The second kappa shape index (κ2) is 15.2. The van der Waals surface area contributed by atoms with E-state index in [0.717, 1.165) is 48.2 Å². The van der Waals surface area contributed by atoms with Crippen LogP contribution in [-0.4, -0.2) is 45.6 Å². The van der Waals surface area contributed by atoms with Crippen molar-refractivity contribution in [3.8, 4) is 23.0 Å². The van der Waals surface area contributed by atoms with Gasteiger partial charge >= 0.3 is 18.3 Å². The van der Waals surface area contributed by atoms with Crippen molar-refractivity contribution in [2.24, 2.45) is 0 Å². The predicted octanol–water partition coefficient (Wildman–Crippen LogP) is 8.21. The van der Waals surface area contributed by atoms with Gasteiger partial charge in [0, 0.05) is 28.1 Å². The van der Waals surface area contributed by atoms with E-state index in [0.29, 0.717) is 5.56 Å². The van der Waals surface area contributed by atoms with Crippen molar-refractivity contribution in [2.75, 3.05) is 39.5 Å². The van der Waals surface area contributed by atoms with E-state index in [9.17, 15) is 35.9 Å². The van der Waals surface area contributed by atoms with Crippen molar-refractivity contribution in [3.05, 3.63) is 106 Å². The summed E-state index contributed by atoms with van der Waals surface area (Å²) in [5.41, 5.74) is 4.33. The van der Waals surface area contributed by atoms with Crippen molar-refractivity contribution >= 4 is 35.0 Å². The first-order valence-electron chi connectivity index (χ1n) is 15.4. The van der Waals surface area contributed by atoms with Crippen LogP contribution in [-0.2, 0) is 26.7 Å². The molecule has 0 aliphatic carbocycles. The molecule has 16 heteroatoms. The first-order chi connectivity index (χ1) is 24.6. The summed E-state index contributed by atoms with van der Waals surface area (Å²) in [6.45, 7) is 0. The molecule has 4 aromatic carbocycles. The lowest BCUT2D eigenvalue weighted by Crippen LogP contribution is -2.28. The van der Waals surface area contributed by atoms with Gasteiger partial charge in [-0.2, -0.15) is 26.3 Å². The van der Waals surface area contributed by atoms with Crippen LogP contribution in [0.5, 0.6) is 23.0 Å². The molecule has 4 aromatic rings. The lowest BCUT2D eigenvalue weighted by molar-refractivity contribution is -0.148. The Hall–Kier alpha value is -5.25. The Bertz CT molecular complexity index is 1970. The van der Waals surface area contributed by atoms with Crippen LogP contribution in [0, 0.1) is 0 Å². The Morgan fingerprint density at radius 2 is 1.37 bits per heavy atom. The zero-order chi connectivity index (χ0) is 38.0. The average Bonchev–Trinajstić information content (AvgIpc) is 3.24. The molecule has 9 nitrogen and oxygen atoms in total. The van der Waals surface area contributed by atoms with Gasteiger partial charge in [0.2, 0.25) is 5.91 Å². The number of anilines is 2. The number of carbonyl (C=O) groups excluding carboxylic acids is 2. The van der Waals surface area contributed by atoms with Gasteiger partial charge in [-0.1, -0.05) is 24.3 Å². The van der Waals surface area contributed by atoms with Gasteiger partial charge in [0.25, 0.3) is 0 Å². The van der Waals surface area contributed by atoms with E-state index in [1.54, 1.807) is 18.2 Å². The Morgan fingerprint density at radius 1 is 0.769 bits per heavy atom. The summed E-state index contributed by atoms with van der Waals surface area (Å²) >= 11 is 0.860. The van der Waals surface area contributed by atoms with E-state index >= 15 is 0 Å². The first kappa shape index (κ1) is 38.0. The molecule has 0 spiro atoms. The SMILES string of the molecule is COc1cccc(C(OC(=O)CC2SC(c3cccc(OC)c3OC)c3cc(C(F)(F)F)ccc3NC2=O)c2cc(C(F)(F)F)ccc2N)c1OC. The van der Waals surface area contributed by atoms with E-state index in [1.807, 2.05) is 0 Å². The molecule has 0 saturated carbocycles. The summed E-state index contributed by atoms with van der Waals surface area (Å²) < 4.78 is 111. The first-order valence-corrected chi connectivity index (χ1v) is 16.3. The van der Waals surface area contributed by atoms with Gasteiger partial charge in [-0.15, -0.1) is 11.8 Å². The molecule has 1 heterocycles. The van der Waals surface area contributed by atoms with Gasteiger partial charge in [-0.25, -0.2) is 0 Å². The lowest BCUT2D eigenvalue weighted by atomic mass is 9.96. The normalized spacial score (nSPS) is 16.5. The maximum atomic E-state index is 13.9. The maximum Gasteiger partial charge on any atom is 0.416 e. The quantitative estimate of drug-likeness (QED) is 0.0940. The van der Waals surface area contributed by atoms with Crippen molar-refractivity contribution in [3.63, 3.8) is 0 Å². The molecule has 0 saturated heterocycles. The number of esters is 1. The van der Waals surface area contributed by atoms with Gasteiger partial charge in [0.1, 0.15) is 0 Å². The molecular weight excluding hydrogens is 718 g/mol. The molecular formula is C36H32F6N2O7S. The Morgan fingerprint density at radius 3 is 1.98 bits per heavy atom. The zero-order valence-corrected chi connectivity index (χ0v) is 28.8. The molecule has 1 aliphatic heterocycles. The second-order valence-electron chi connectivity index (χ2n) is 11.4. The van der Waals surface area contributed by atoms with Crippen LogP contribution in [0.2, 0.25) is 0 Å². The molecule has 1 aliphatic rings. The molecule has 3 unspecified atom stereocenters. The predicted molar refractivity (Wildman–Crippen MR) is 181 cm³/mol. The number of thioether (sulfide) groups is 1. The molecule has 3 N–H and O–H groups in total. The number of benzene rings is 4. The molecule has 0 radical (unpaired) electrons. The smallest absolute Gasteiger partial charge is 0.416 e. The summed E-state index contributed by atoms with van der Waals surface area (Å²) in [4.78, 5) is 27.5. The van der Waals surface area contributed by atoms with Crippen molar-refractivity contribution in [2.45, 2.75) is 35.4 Å². The Balaban J connectivity index is 1.58. The van der Waals surface area contributed by atoms with Crippen LogP contribution in [0.4, 0.5) is 37.7 Å². The van der Waals surface area contributed by atoms with E-state index < -0.39 is 58.4 Å². The number of nitrogen functional groups attached to an aromatic ring is 1. The fourth-order valence-electron chi connectivity index (χ4n) is 5.80. The number of para-hydroxylation sites is 2. The molecule has 5 rings (SSSR count). The fraction of sp³-hybridized carbons (Fsp3) is 0.278. The topological polar surface area (TPSA) is 118 Å². The minimum Gasteiger partial charge on any atom is -0.493 e. The minimum atomic E-state index is -4.78. The van der Waals surface area contributed by atoms with E-state index in [-0.39, 0.29) is 51.1 Å². The van der Waals surface area contributed by atoms with E-state index in [4.69, 9.17) is 29.4 Å². The van der Waals surface area contributed by atoms with Gasteiger partial charge in [0.05, 0.1) is 56.5 Å². The number of fused-ring (bicyclic) bond motifs is 1. The molecule has 276 valence electrons. The summed E-state index contributed by atoms with van der Waals surface area (Å²) in [6.07, 6.45) is -11.7. The number of nitrogens with two attached hydrogens (primary N) is 1. The summed E-state index contributed by atoms with van der Waals surface area (Å²) in [5, 5.41) is 0.306. The fourth-order valence-corrected chi connectivity index (χ4v) is 7.22. The van der Waals surface area contributed by atoms with Crippen LogP contribution in [0.15, 0.2) is 72.8 Å². The number of hydrogen-bond donors (Lipinski definition) is 2. The number of hydrogen-bond acceptors (Lipinski definition) is 9. The van der Waals surface area contributed by atoms with Crippen LogP contribution < -0.4 is 30.0 Å². The number of halogens is 6. The third kappa shape index (κ3) is 7.81. The maximum absolute atomic E-state index is 13.9. The zero-order valence-electron chi connectivity index (χ0n) is 28.0. The molecule has 0 aromatic heterocycles. The highest BCUT2D eigenvalue weighted by Gasteiger charge is 2.39. The highest BCUT2D eigenvalue weighted by atomic mass is 32.2. The number of alkyl halides is 6. The standard InChI is InChI=1S/C36H32F6N2O7S/c1-47-26-9-5-7-20(31(26)49-3)30(22-15-18(35(37,38)39)11-13-24(22)43)51-29(45)17-28-34(46)44-25-14-12-19(36(40,41)42)16-23(25)33(52-28)21-8-6-10-27(48-2)32(21)50-4/h5-16,28,30,33H,17,43H2,1-4H3,(H,44,46). The third-order valence-electron chi connectivity index (χ3n) is 8.24. The van der Waals surface area contributed by atoms with Gasteiger partial charge in [0.15, 0.2) is 29.1 Å². The summed E-state index contributed by atoms with van der Waals surface area (Å²) in [6, 6.07) is 14.7.